The summed E-state index contributed by atoms with van der Waals surface area (Å²) in [6.07, 6.45) is 1.63. The largest absolute Gasteiger partial charge is 0.424 e. The molecule has 0 aliphatic heterocycles. The van der Waals surface area contributed by atoms with E-state index in [1.165, 1.54) is 0 Å². The minimum absolute atomic E-state index is 0.233. The first-order valence-electron chi connectivity index (χ1n) is 8.27. The molecule has 7 heteroatoms. The number of ether oxygens (including phenoxy) is 1. The SMILES string of the molecule is CNC(=O)c1cc(-c2ccnc(Oc3ccccc3)n2)n(C(C)(C)C)n1. The van der Waals surface area contributed by atoms with Crippen LogP contribution in [0.15, 0.2) is 48.7 Å². The maximum Gasteiger partial charge on any atom is 0.322 e. The van der Waals surface area contributed by atoms with Crippen molar-refractivity contribution >= 4 is 5.91 Å². The number of hydrogen-bond donors (Lipinski definition) is 1. The van der Waals surface area contributed by atoms with Crippen LogP contribution in [0.25, 0.3) is 11.4 Å². The zero-order chi connectivity index (χ0) is 18.7. The number of aromatic nitrogens is 4. The molecule has 0 spiro atoms. The van der Waals surface area contributed by atoms with Gasteiger partial charge in [0, 0.05) is 13.2 Å². The van der Waals surface area contributed by atoms with Gasteiger partial charge in [0.1, 0.15) is 5.75 Å². The van der Waals surface area contributed by atoms with Gasteiger partial charge in [0.25, 0.3) is 5.91 Å². The molecule has 26 heavy (non-hydrogen) atoms. The maximum absolute atomic E-state index is 12.0. The molecule has 1 N–H and O–H groups in total. The van der Waals surface area contributed by atoms with Crippen molar-refractivity contribution in [2.24, 2.45) is 0 Å². The molecule has 0 radical (unpaired) electrons. The van der Waals surface area contributed by atoms with Gasteiger partial charge >= 0.3 is 6.01 Å². The summed E-state index contributed by atoms with van der Waals surface area (Å²) in [6.45, 7) is 6.04. The van der Waals surface area contributed by atoms with E-state index < -0.39 is 0 Å². The third-order valence-electron chi connectivity index (χ3n) is 3.65. The van der Waals surface area contributed by atoms with Gasteiger partial charge in [0.15, 0.2) is 5.69 Å². The smallest absolute Gasteiger partial charge is 0.322 e. The van der Waals surface area contributed by atoms with Crippen LogP contribution in [-0.4, -0.2) is 32.7 Å². The lowest BCUT2D eigenvalue weighted by Gasteiger charge is -2.22. The van der Waals surface area contributed by atoms with Crippen LogP contribution < -0.4 is 10.1 Å². The van der Waals surface area contributed by atoms with Crippen LogP contribution in [-0.2, 0) is 5.54 Å². The number of rotatable bonds is 4. The second-order valence-corrected chi connectivity index (χ2v) is 6.72. The van der Waals surface area contributed by atoms with Gasteiger partial charge < -0.3 is 10.1 Å². The molecule has 0 fully saturated rings. The van der Waals surface area contributed by atoms with Crippen LogP contribution in [0, 0.1) is 0 Å². The Bertz CT molecular complexity index is 913. The molecule has 134 valence electrons. The quantitative estimate of drug-likeness (QED) is 0.780. The number of para-hydroxylation sites is 1. The van der Waals surface area contributed by atoms with Crippen molar-refractivity contribution in [3.63, 3.8) is 0 Å². The highest BCUT2D eigenvalue weighted by molar-refractivity contribution is 5.93. The van der Waals surface area contributed by atoms with Crippen LogP contribution in [0.2, 0.25) is 0 Å². The molecule has 2 heterocycles. The minimum atomic E-state index is -0.326. The first-order chi connectivity index (χ1) is 12.4. The molecule has 0 atom stereocenters. The Morgan fingerprint density at radius 3 is 2.54 bits per heavy atom. The lowest BCUT2D eigenvalue weighted by Crippen LogP contribution is -2.25. The predicted octanol–water partition coefficient (Wildman–Crippen LogP) is 3.25. The monoisotopic (exact) mass is 351 g/mol. The van der Waals surface area contributed by atoms with Crippen molar-refractivity contribution in [2.75, 3.05) is 7.05 Å². The molecule has 0 saturated heterocycles. The fourth-order valence-electron chi connectivity index (χ4n) is 2.44. The maximum atomic E-state index is 12.0. The van der Waals surface area contributed by atoms with Crippen LogP contribution >= 0.6 is 0 Å². The first kappa shape index (κ1) is 17.6. The Kier molecular flexibility index (Phi) is 4.71. The van der Waals surface area contributed by atoms with Crippen molar-refractivity contribution < 1.29 is 9.53 Å². The lowest BCUT2D eigenvalue weighted by atomic mass is 10.1. The van der Waals surface area contributed by atoms with Crippen molar-refractivity contribution in [1.82, 2.24) is 25.1 Å². The minimum Gasteiger partial charge on any atom is -0.424 e. The molecule has 3 aromatic rings. The molecule has 0 aliphatic rings. The van der Waals surface area contributed by atoms with E-state index in [0.717, 1.165) is 5.69 Å². The molecular weight excluding hydrogens is 330 g/mol. The van der Waals surface area contributed by atoms with E-state index in [4.69, 9.17) is 4.74 Å². The Labute approximate surface area is 152 Å². The van der Waals surface area contributed by atoms with Crippen molar-refractivity contribution in [1.29, 1.82) is 0 Å². The Morgan fingerprint density at radius 1 is 1.15 bits per heavy atom. The third-order valence-corrected chi connectivity index (χ3v) is 3.65. The number of carbonyl (C=O) groups is 1. The second-order valence-electron chi connectivity index (χ2n) is 6.72. The summed E-state index contributed by atoms with van der Waals surface area (Å²) in [5.41, 5.74) is 1.36. The Balaban J connectivity index is 2.02. The summed E-state index contributed by atoms with van der Waals surface area (Å²) in [4.78, 5) is 20.7. The zero-order valence-electron chi connectivity index (χ0n) is 15.2. The molecule has 0 saturated carbocycles. The van der Waals surface area contributed by atoms with Gasteiger partial charge in [0.05, 0.1) is 16.9 Å². The average Bonchev–Trinajstić information content (AvgIpc) is 3.08. The van der Waals surface area contributed by atoms with Gasteiger partial charge in [-0.1, -0.05) is 18.2 Å². The predicted molar refractivity (Wildman–Crippen MR) is 98.2 cm³/mol. The number of benzene rings is 1. The average molecular weight is 351 g/mol. The molecule has 3 rings (SSSR count). The highest BCUT2D eigenvalue weighted by atomic mass is 16.5. The van der Waals surface area contributed by atoms with Gasteiger partial charge in [-0.2, -0.15) is 10.1 Å². The van der Waals surface area contributed by atoms with E-state index in [2.05, 4.69) is 20.4 Å². The van der Waals surface area contributed by atoms with Gasteiger partial charge in [-0.05, 0) is 45.0 Å². The molecule has 2 aromatic heterocycles. The van der Waals surface area contributed by atoms with Gasteiger partial charge in [-0.3, -0.25) is 9.48 Å². The molecule has 1 aromatic carbocycles. The number of amides is 1. The van der Waals surface area contributed by atoms with E-state index in [1.807, 2.05) is 51.1 Å². The number of nitrogens with zero attached hydrogens (tertiary/aromatic N) is 4. The lowest BCUT2D eigenvalue weighted by molar-refractivity contribution is 0.0956. The summed E-state index contributed by atoms with van der Waals surface area (Å²) in [5.74, 6) is 0.407. The van der Waals surface area contributed by atoms with Crippen LogP contribution in [0.1, 0.15) is 31.3 Å². The van der Waals surface area contributed by atoms with E-state index in [0.29, 0.717) is 17.1 Å². The standard InChI is InChI=1S/C19H21N5O2/c1-19(2,3)24-16(12-15(23-24)17(25)20-4)14-10-11-21-18(22-14)26-13-8-6-5-7-9-13/h5-12H,1-4H3,(H,20,25). The molecule has 1 amide bonds. The zero-order valence-corrected chi connectivity index (χ0v) is 15.2. The second kappa shape index (κ2) is 6.95. The van der Waals surface area contributed by atoms with Crippen LogP contribution in [0.5, 0.6) is 11.8 Å². The topological polar surface area (TPSA) is 81.9 Å². The van der Waals surface area contributed by atoms with E-state index >= 15 is 0 Å². The molecule has 0 bridgehead atoms. The van der Waals surface area contributed by atoms with E-state index in [1.54, 1.807) is 30.1 Å². The number of carbonyl (C=O) groups excluding carboxylic acids is 1. The summed E-state index contributed by atoms with van der Waals surface area (Å²) in [7, 11) is 1.58. The molecular formula is C19H21N5O2. The van der Waals surface area contributed by atoms with Crippen LogP contribution in [0.4, 0.5) is 0 Å². The van der Waals surface area contributed by atoms with E-state index in [9.17, 15) is 4.79 Å². The summed E-state index contributed by atoms with van der Waals surface area (Å²) in [5, 5.41) is 7.04. The summed E-state index contributed by atoms with van der Waals surface area (Å²) >= 11 is 0. The Hall–Kier alpha value is -3.22. The first-order valence-corrected chi connectivity index (χ1v) is 8.27. The normalized spacial score (nSPS) is 11.2. The van der Waals surface area contributed by atoms with Gasteiger partial charge in [-0.15, -0.1) is 0 Å². The van der Waals surface area contributed by atoms with Crippen molar-refractivity contribution in [3.05, 3.63) is 54.4 Å². The van der Waals surface area contributed by atoms with Crippen molar-refractivity contribution in [3.8, 4) is 23.1 Å². The highest BCUT2D eigenvalue weighted by Gasteiger charge is 2.23. The fourth-order valence-corrected chi connectivity index (χ4v) is 2.44. The van der Waals surface area contributed by atoms with Crippen molar-refractivity contribution in [2.45, 2.75) is 26.3 Å². The third kappa shape index (κ3) is 3.72. The summed E-state index contributed by atoms with van der Waals surface area (Å²) in [6, 6.07) is 13.1. The highest BCUT2D eigenvalue weighted by Crippen LogP contribution is 2.27. The van der Waals surface area contributed by atoms with Gasteiger partial charge in [-0.25, -0.2) is 4.98 Å². The Morgan fingerprint density at radius 2 is 1.88 bits per heavy atom. The molecule has 7 nitrogen and oxygen atoms in total. The van der Waals surface area contributed by atoms with Crippen LogP contribution in [0.3, 0.4) is 0 Å². The summed E-state index contributed by atoms with van der Waals surface area (Å²) < 4.78 is 7.49. The molecule has 0 aliphatic carbocycles. The van der Waals surface area contributed by atoms with Gasteiger partial charge in [0.2, 0.25) is 0 Å². The number of hydrogen-bond acceptors (Lipinski definition) is 5. The number of nitrogens with one attached hydrogen (secondary N) is 1. The van der Waals surface area contributed by atoms with E-state index in [-0.39, 0.29) is 17.5 Å². The fraction of sp³-hybridized carbons (Fsp3) is 0.263. The molecule has 0 unspecified atom stereocenters.